The SMILES string of the molecule is CCCCCC(O)/C=C/[C@@]1(C)[C@H](O)CC(=O)[C@]1(C)CCCCCCC(=O)O. The van der Waals surface area contributed by atoms with Gasteiger partial charge in [0.05, 0.1) is 12.2 Å². The van der Waals surface area contributed by atoms with Crippen LogP contribution in [-0.4, -0.2) is 39.3 Å². The Labute approximate surface area is 163 Å². The molecule has 0 bridgehead atoms. The van der Waals surface area contributed by atoms with Gasteiger partial charge in [-0.15, -0.1) is 0 Å². The lowest BCUT2D eigenvalue weighted by Gasteiger charge is -2.40. The van der Waals surface area contributed by atoms with Gasteiger partial charge in [0.25, 0.3) is 0 Å². The monoisotopic (exact) mass is 382 g/mol. The molecule has 0 amide bonds. The second-order valence-corrected chi connectivity index (χ2v) is 8.49. The van der Waals surface area contributed by atoms with E-state index in [1.54, 1.807) is 6.08 Å². The molecule has 0 radical (unpaired) electrons. The zero-order valence-corrected chi connectivity index (χ0v) is 17.2. The first-order valence-electron chi connectivity index (χ1n) is 10.5. The number of carbonyl (C=O) groups excluding carboxylic acids is 1. The van der Waals surface area contributed by atoms with Gasteiger partial charge in [-0.3, -0.25) is 9.59 Å². The van der Waals surface area contributed by atoms with Crippen molar-refractivity contribution >= 4 is 11.8 Å². The number of Topliss-reactive ketones (excluding diaryl/α,β-unsaturated/α-hetero) is 1. The molecule has 5 nitrogen and oxygen atoms in total. The van der Waals surface area contributed by atoms with Crippen LogP contribution < -0.4 is 0 Å². The minimum Gasteiger partial charge on any atom is -0.481 e. The summed E-state index contributed by atoms with van der Waals surface area (Å²) in [6.45, 7) is 5.97. The molecule has 1 rings (SSSR count). The minimum atomic E-state index is -0.772. The Balaban J connectivity index is 2.68. The van der Waals surface area contributed by atoms with E-state index >= 15 is 0 Å². The summed E-state index contributed by atoms with van der Waals surface area (Å²) in [4.78, 5) is 23.2. The molecule has 0 aromatic carbocycles. The lowest BCUT2D eigenvalue weighted by Crippen LogP contribution is -2.41. The van der Waals surface area contributed by atoms with Gasteiger partial charge < -0.3 is 15.3 Å². The van der Waals surface area contributed by atoms with Crippen molar-refractivity contribution in [3.63, 3.8) is 0 Å². The van der Waals surface area contributed by atoms with E-state index in [0.717, 1.165) is 38.5 Å². The number of unbranched alkanes of at least 4 members (excludes halogenated alkanes) is 5. The molecule has 4 atom stereocenters. The summed E-state index contributed by atoms with van der Waals surface area (Å²) in [5.74, 6) is -0.695. The number of carboxylic acid groups (broad SMARTS) is 1. The van der Waals surface area contributed by atoms with E-state index in [9.17, 15) is 19.8 Å². The molecular formula is C22H38O5. The van der Waals surface area contributed by atoms with Crippen LogP contribution in [0.2, 0.25) is 0 Å². The van der Waals surface area contributed by atoms with Crippen molar-refractivity contribution in [3.05, 3.63) is 12.2 Å². The average molecular weight is 383 g/mol. The zero-order valence-electron chi connectivity index (χ0n) is 17.2. The third-order valence-electron chi connectivity index (χ3n) is 6.46. The van der Waals surface area contributed by atoms with Crippen LogP contribution in [0.25, 0.3) is 0 Å². The lowest BCUT2D eigenvalue weighted by atomic mass is 9.64. The van der Waals surface area contributed by atoms with Gasteiger partial charge in [-0.2, -0.15) is 0 Å². The summed E-state index contributed by atoms with van der Waals surface area (Å²) in [6.07, 6.45) is 10.4. The van der Waals surface area contributed by atoms with Crippen LogP contribution in [0.15, 0.2) is 12.2 Å². The summed E-state index contributed by atoms with van der Waals surface area (Å²) in [6, 6.07) is 0. The maximum Gasteiger partial charge on any atom is 0.303 e. The fraction of sp³-hybridized carbons (Fsp3) is 0.818. The smallest absolute Gasteiger partial charge is 0.303 e. The quantitative estimate of drug-likeness (QED) is 0.327. The van der Waals surface area contributed by atoms with Gasteiger partial charge in [-0.05, 0) is 19.3 Å². The van der Waals surface area contributed by atoms with E-state index in [1.807, 2.05) is 19.9 Å². The maximum absolute atomic E-state index is 12.7. The van der Waals surface area contributed by atoms with Crippen molar-refractivity contribution in [1.29, 1.82) is 0 Å². The summed E-state index contributed by atoms with van der Waals surface area (Å²) in [7, 11) is 0. The van der Waals surface area contributed by atoms with Crippen LogP contribution >= 0.6 is 0 Å². The Morgan fingerprint density at radius 3 is 2.48 bits per heavy atom. The molecule has 27 heavy (non-hydrogen) atoms. The molecule has 1 unspecified atom stereocenters. The van der Waals surface area contributed by atoms with Crippen molar-refractivity contribution in [1.82, 2.24) is 0 Å². The van der Waals surface area contributed by atoms with Crippen molar-refractivity contribution in [2.24, 2.45) is 10.8 Å². The molecule has 0 aliphatic heterocycles. The Bertz CT molecular complexity index is 515. The van der Waals surface area contributed by atoms with Gasteiger partial charge in [-0.25, -0.2) is 0 Å². The Kier molecular flexibility index (Phi) is 9.68. The average Bonchev–Trinajstić information content (AvgIpc) is 2.77. The van der Waals surface area contributed by atoms with Crippen LogP contribution in [0.4, 0.5) is 0 Å². The highest BCUT2D eigenvalue weighted by Gasteiger charge is 2.57. The molecule has 1 aliphatic rings. The molecule has 1 saturated carbocycles. The molecule has 0 spiro atoms. The third-order valence-corrected chi connectivity index (χ3v) is 6.46. The number of rotatable bonds is 13. The Morgan fingerprint density at radius 2 is 1.85 bits per heavy atom. The summed E-state index contributed by atoms with van der Waals surface area (Å²) < 4.78 is 0. The first kappa shape index (κ1) is 23.8. The van der Waals surface area contributed by atoms with Gasteiger partial charge in [0, 0.05) is 23.7 Å². The van der Waals surface area contributed by atoms with Crippen molar-refractivity contribution in [3.8, 4) is 0 Å². The minimum absolute atomic E-state index is 0.0770. The van der Waals surface area contributed by atoms with Crippen LogP contribution in [0, 0.1) is 10.8 Å². The number of carboxylic acids is 1. The molecule has 1 fully saturated rings. The molecule has 0 aromatic rings. The number of hydrogen-bond acceptors (Lipinski definition) is 4. The number of aliphatic carboxylic acids is 1. The second kappa shape index (κ2) is 11.0. The van der Waals surface area contributed by atoms with E-state index in [-0.39, 0.29) is 18.6 Å². The first-order valence-corrected chi connectivity index (χ1v) is 10.5. The van der Waals surface area contributed by atoms with E-state index in [0.29, 0.717) is 19.3 Å². The fourth-order valence-corrected chi connectivity index (χ4v) is 4.10. The van der Waals surface area contributed by atoms with Crippen molar-refractivity contribution in [2.75, 3.05) is 0 Å². The van der Waals surface area contributed by atoms with Gasteiger partial charge >= 0.3 is 5.97 Å². The topological polar surface area (TPSA) is 94.8 Å². The number of ketones is 1. The normalized spacial score (nSPS) is 29.5. The number of aliphatic hydroxyl groups is 2. The standard InChI is InChI=1S/C22H38O5/c1-4-5-8-11-17(23)13-15-22(3)19(25)16-18(24)21(22,2)14-10-7-6-9-12-20(26)27/h13,15,17,19,23,25H,4-12,14,16H2,1-3H3,(H,26,27)/b15-13+/t17?,19-,21+,22+/m1/s1. The van der Waals surface area contributed by atoms with Crippen LogP contribution in [-0.2, 0) is 9.59 Å². The molecule has 0 saturated heterocycles. The van der Waals surface area contributed by atoms with Gasteiger partial charge in [0.15, 0.2) is 0 Å². The summed E-state index contributed by atoms with van der Waals surface area (Å²) in [5.41, 5.74) is -1.34. The highest BCUT2D eigenvalue weighted by molar-refractivity contribution is 5.89. The lowest BCUT2D eigenvalue weighted by molar-refractivity contribution is -0.137. The van der Waals surface area contributed by atoms with Crippen molar-refractivity contribution < 1.29 is 24.9 Å². The third kappa shape index (κ3) is 6.42. The maximum atomic E-state index is 12.7. The largest absolute Gasteiger partial charge is 0.481 e. The summed E-state index contributed by atoms with van der Waals surface area (Å²) >= 11 is 0. The van der Waals surface area contributed by atoms with E-state index in [4.69, 9.17) is 5.11 Å². The molecule has 0 heterocycles. The van der Waals surface area contributed by atoms with Crippen LogP contribution in [0.5, 0.6) is 0 Å². The van der Waals surface area contributed by atoms with E-state index in [2.05, 4.69) is 6.92 Å². The first-order chi connectivity index (χ1) is 12.7. The summed E-state index contributed by atoms with van der Waals surface area (Å²) in [5, 5.41) is 29.4. The fourth-order valence-electron chi connectivity index (χ4n) is 4.10. The van der Waals surface area contributed by atoms with Gasteiger partial charge in [-0.1, -0.05) is 71.4 Å². The van der Waals surface area contributed by atoms with Crippen LogP contribution in [0.3, 0.4) is 0 Å². The highest BCUT2D eigenvalue weighted by Crippen LogP contribution is 2.54. The molecule has 156 valence electrons. The molecule has 5 heteroatoms. The predicted molar refractivity (Wildman–Crippen MR) is 106 cm³/mol. The molecular weight excluding hydrogens is 344 g/mol. The predicted octanol–water partition coefficient (Wildman–Crippen LogP) is 4.26. The van der Waals surface area contributed by atoms with Gasteiger partial charge in [0.2, 0.25) is 0 Å². The van der Waals surface area contributed by atoms with E-state index in [1.165, 1.54) is 0 Å². The second-order valence-electron chi connectivity index (χ2n) is 8.49. The number of aliphatic hydroxyl groups excluding tert-OH is 2. The van der Waals surface area contributed by atoms with E-state index < -0.39 is 29.0 Å². The van der Waals surface area contributed by atoms with Crippen molar-refractivity contribution in [2.45, 2.75) is 104 Å². The van der Waals surface area contributed by atoms with Crippen LogP contribution in [0.1, 0.15) is 91.4 Å². The highest BCUT2D eigenvalue weighted by atomic mass is 16.4. The number of hydrogen-bond donors (Lipinski definition) is 3. The molecule has 0 aromatic heterocycles. The number of carbonyl (C=O) groups is 2. The Hall–Kier alpha value is -1.20. The zero-order chi connectivity index (χ0) is 20.5. The molecule has 3 N–H and O–H groups in total. The molecule has 1 aliphatic carbocycles. The van der Waals surface area contributed by atoms with Gasteiger partial charge in [0.1, 0.15) is 5.78 Å². The Morgan fingerprint density at radius 1 is 1.19 bits per heavy atom.